The van der Waals surface area contributed by atoms with Crippen molar-refractivity contribution in [3.8, 4) is 5.75 Å². The SMILES string of the molecule is CCCCOc1ccc(CNC(=O)C(O)CC23CC4CC(CC(C4)C2)C3)cc1. The third-order valence-corrected chi connectivity index (χ3v) is 7.25. The Bertz CT molecular complexity index is 634. The first-order valence-electron chi connectivity index (χ1n) is 11.2. The smallest absolute Gasteiger partial charge is 0.249 e. The Labute approximate surface area is 169 Å². The van der Waals surface area contributed by atoms with Gasteiger partial charge < -0.3 is 15.2 Å². The molecule has 1 aromatic rings. The van der Waals surface area contributed by atoms with Crippen molar-refractivity contribution in [3.05, 3.63) is 29.8 Å². The molecule has 4 aliphatic rings. The summed E-state index contributed by atoms with van der Waals surface area (Å²) in [7, 11) is 0. The normalized spacial score (nSPS) is 31.6. The number of ether oxygens (including phenoxy) is 1. The molecule has 0 radical (unpaired) electrons. The number of hydrogen-bond acceptors (Lipinski definition) is 3. The van der Waals surface area contributed by atoms with Gasteiger partial charge in [0.25, 0.3) is 0 Å². The van der Waals surface area contributed by atoms with Gasteiger partial charge in [-0.3, -0.25) is 4.79 Å². The lowest BCUT2D eigenvalue weighted by molar-refractivity contribution is -0.135. The number of carbonyl (C=O) groups excluding carboxylic acids is 1. The molecule has 2 N–H and O–H groups in total. The van der Waals surface area contributed by atoms with Crippen LogP contribution in [0.5, 0.6) is 5.75 Å². The fourth-order valence-corrected chi connectivity index (χ4v) is 6.39. The van der Waals surface area contributed by atoms with Crippen LogP contribution in [0.1, 0.15) is 70.3 Å². The number of rotatable bonds is 9. The third-order valence-electron chi connectivity index (χ3n) is 7.25. The van der Waals surface area contributed by atoms with Crippen LogP contribution in [0, 0.1) is 23.2 Å². The zero-order chi connectivity index (χ0) is 19.6. The molecule has 4 bridgehead atoms. The Kier molecular flexibility index (Phi) is 5.96. The van der Waals surface area contributed by atoms with E-state index in [4.69, 9.17) is 4.74 Å². The molecule has 5 rings (SSSR count). The molecule has 28 heavy (non-hydrogen) atoms. The van der Waals surface area contributed by atoms with Gasteiger partial charge in [0.15, 0.2) is 0 Å². The van der Waals surface area contributed by atoms with Gasteiger partial charge in [0.2, 0.25) is 5.91 Å². The Balaban J connectivity index is 1.25. The van der Waals surface area contributed by atoms with Gasteiger partial charge in [0, 0.05) is 6.54 Å². The molecule has 154 valence electrons. The van der Waals surface area contributed by atoms with E-state index >= 15 is 0 Å². The molecule has 0 aliphatic heterocycles. The molecule has 4 fully saturated rings. The van der Waals surface area contributed by atoms with Crippen LogP contribution in [0.3, 0.4) is 0 Å². The number of amides is 1. The number of carbonyl (C=O) groups is 1. The number of aliphatic hydroxyl groups is 1. The summed E-state index contributed by atoms with van der Waals surface area (Å²) in [5, 5.41) is 13.5. The van der Waals surface area contributed by atoms with Crippen LogP contribution in [-0.4, -0.2) is 23.7 Å². The molecule has 4 nitrogen and oxygen atoms in total. The van der Waals surface area contributed by atoms with Gasteiger partial charge in [-0.1, -0.05) is 25.5 Å². The Morgan fingerprint density at radius 2 is 1.75 bits per heavy atom. The highest BCUT2D eigenvalue weighted by Gasteiger charge is 2.51. The van der Waals surface area contributed by atoms with E-state index < -0.39 is 6.10 Å². The van der Waals surface area contributed by atoms with E-state index in [1.54, 1.807) is 0 Å². The summed E-state index contributed by atoms with van der Waals surface area (Å²) >= 11 is 0. The average Bonchev–Trinajstić information content (AvgIpc) is 2.66. The maximum absolute atomic E-state index is 12.5. The molecule has 4 heteroatoms. The third kappa shape index (κ3) is 4.53. The summed E-state index contributed by atoms with van der Waals surface area (Å²) in [6, 6.07) is 7.85. The fourth-order valence-electron chi connectivity index (χ4n) is 6.39. The number of nitrogens with one attached hydrogen (secondary N) is 1. The lowest BCUT2D eigenvalue weighted by Gasteiger charge is -2.57. The van der Waals surface area contributed by atoms with E-state index in [0.717, 1.165) is 48.5 Å². The molecule has 0 saturated heterocycles. The summed E-state index contributed by atoms with van der Waals surface area (Å²) in [6.45, 7) is 3.34. The van der Waals surface area contributed by atoms with Gasteiger partial charge in [-0.25, -0.2) is 0 Å². The van der Waals surface area contributed by atoms with Crippen LogP contribution in [0.2, 0.25) is 0 Å². The van der Waals surface area contributed by atoms with Crippen molar-refractivity contribution in [2.45, 2.75) is 77.4 Å². The van der Waals surface area contributed by atoms with Gasteiger partial charge in [-0.15, -0.1) is 0 Å². The first-order chi connectivity index (χ1) is 13.5. The Morgan fingerprint density at radius 3 is 2.32 bits per heavy atom. The van der Waals surface area contributed by atoms with Crippen LogP contribution in [-0.2, 0) is 11.3 Å². The number of unbranched alkanes of at least 4 members (excludes halogenated alkanes) is 1. The van der Waals surface area contributed by atoms with Gasteiger partial charge in [-0.05, 0) is 92.2 Å². The van der Waals surface area contributed by atoms with Gasteiger partial charge >= 0.3 is 0 Å². The Morgan fingerprint density at radius 1 is 1.14 bits per heavy atom. The number of benzene rings is 1. The number of hydrogen-bond donors (Lipinski definition) is 2. The molecule has 1 unspecified atom stereocenters. The Hall–Kier alpha value is -1.55. The molecule has 0 spiro atoms. The lowest BCUT2D eigenvalue weighted by Crippen LogP contribution is -2.49. The summed E-state index contributed by atoms with van der Waals surface area (Å²) in [4.78, 5) is 12.5. The van der Waals surface area contributed by atoms with Crippen LogP contribution in [0.15, 0.2) is 24.3 Å². The fraction of sp³-hybridized carbons (Fsp3) is 0.708. The monoisotopic (exact) mass is 385 g/mol. The van der Waals surface area contributed by atoms with Crippen molar-refractivity contribution in [3.63, 3.8) is 0 Å². The highest BCUT2D eigenvalue weighted by molar-refractivity contribution is 5.80. The maximum atomic E-state index is 12.5. The van der Waals surface area contributed by atoms with E-state index in [1.165, 1.54) is 38.5 Å². The van der Waals surface area contributed by atoms with Crippen LogP contribution >= 0.6 is 0 Å². The van der Waals surface area contributed by atoms with Crippen molar-refractivity contribution >= 4 is 5.91 Å². The molecule has 4 saturated carbocycles. The minimum absolute atomic E-state index is 0.223. The predicted octanol–water partition coefficient (Wildman–Crippen LogP) is 4.45. The zero-order valence-electron chi connectivity index (χ0n) is 17.2. The van der Waals surface area contributed by atoms with E-state index in [0.29, 0.717) is 13.0 Å². The molecular weight excluding hydrogens is 350 g/mol. The molecule has 1 atom stereocenters. The van der Waals surface area contributed by atoms with Gasteiger partial charge in [-0.2, -0.15) is 0 Å². The topological polar surface area (TPSA) is 58.6 Å². The zero-order valence-corrected chi connectivity index (χ0v) is 17.2. The molecule has 1 aromatic carbocycles. The van der Waals surface area contributed by atoms with Gasteiger partial charge in [0.05, 0.1) is 6.61 Å². The second-order valence-electron chi connectivity index (χ2n) is 9.70. The minimum Gasteiger partial charge on any atom is -0.494 e. The van der Waals surface area contributed by atoms with E-state index in [-0.39, 0.29) is 11.3 Å². The van der Waals surface area contributed by atoms with Crippen molar-refractivity contribution in [1.29, 1.82) is 0 Å². The summed E-state index contributed by atoms with van der Waals surface area (Å²) < 4.78 is 5.67. The maximum Gasteiger partial charge on any atom is 0.249 e. The molecule has 0 heterocycles. The highest BCUT2D eigenvalue weighted by Crippen LogP contribution is 2.61. The predicted molar refractivity (Wildman–Crippen MR) is 110 cm³/mol. The van der Waals surface area contributed by atoms with E-state index in [1.807, 2.05) is 24.3 Å². The van der Waals surface area contributed by atoms with Crippen LogP contribution in [0.4, 0.5) is 0 Å². The summed E-state index contributed by atoms with van der Waals surface area (Å²) in [5.41, 5.74) is 1.25. The first kappa shape index (κ1) is 19.8. The second-order valence-corrected chi connectivity index (χ2v) is 9.70. The molecular formula is C24H35NO3. The van der Waals surface area contributed by atoms with E-state index in [2.05, 4.69) is 12.2 Å². The van der Waals surface area contributed by atoms with Gasteiger partial charge in [0.1, 0.15) is 11.9 Å². The largest absolute Gasteiger partial charge is 0.494 e. The standard InChI is InChI=1S/C24H35NO3/c1-2-3-8-28-21-6-4-17(5-7-21)16-25-23(27)22(26)15-24-12-18-9-19(13-24)11-20(10-18)14-24/h4-7,18-20,22,26H,2-3,8-16H2,1H3,(H,25,27). The minimum atomic E-state index is -0.882. The lowest BCUT2D eigenvalue weighted by atomic mass is 9.48. The van der Waals surface area contributed by atoms with Crippen LogP contribution < -0.4 is 10.1 Å². The number of aliphatic hydroxyl groups excluding tert-OH is 1. The molecule has 4 aliphatic carbocycles. The van der Waals surface area contributed by atoms with Crippen molar-refractivity contribution in [2.24, 2.45) is 23.2 Å². The quantitative estimate of drug-likeness (QED) is 0.618. The van der Waals surface area contributed by atoms with Crippen LogP contribution in [0.25, 0.3) is 0 Å². The highest BCUT2D eigenvalue weighted by atomic mass is 16.5. The first-order valence-corrected chi connectivity index (χ1v) is 11.2. The van der Waals surface area contributed by atoms with Crippen molar-refractivity contribution in [1.82, 2.24) is 5.32 Å². The average molecular weight is 386 g/mol. The second kappa shape index (κ2) is 8.44. The van der Waals surface area contributed by atoms with Crippen molar-refractivity contribution < 1.29 is 14.6 Å². The molecule has 0 aromatic heterocycles. The van der Waals surface area contributed by atoms with E-state index in [9.17, 15) is 9.90 Å². The summed E-state index contributed by atoms with van der Waals surface area (Å²) in [6.07, 6.45) is 9.78. The van der Waals surface area contributed by atoms with Crippen molar-refractivity contribution in [2.75, 3.05) is 6.61 Å². The summed E-state index contributed by atoms with van der Waals surface area (Å²) in [5.74, 6) is 3.18. The molecule has 1 amide bonds.